The van der Waals surface area contributed by atoms with Crippen LogP contribution in [-0.4, -0.2) is 50.5 Å². The number of rotatable bonds is 5. The first-order chi connectivity index (χ1) is 6.64. The van der Waals surface area contributed by atoms with E-state index in [4.69, 9.17) is 4.74 Å². The fourth-order valence-corrected chi connectivity index (χ4v) is 1.25. The van der Waals surface area contributed by atoms with Gasteiger partial charge in [-0.15, -0.1) is 0 Å². The molecule has 0 bridgehead atoms. The van der Waals surface area contributed by atoms with Gasteiger partial charge in [0.15, 0.2) is 0 Å². The van der Waals surface area contributed by atoms with Crippen molar-refractivity contribution in [2.75, 3.05) is 39.5 Å². The lowest BCUT2D eigenvalue weighted by Gasteiger charge is -2.27. The van der Waals surface area contributed by atoms with Gasteiger partial charge < -0.3 is 9.47 Å². The van der Waals surface area contributed by atoms with Gasteiger partial charge in [0.1, 0.15) is 0 Å². The minimum Gasteiger partial charge on any atom is -0.379 e. The Morgan fingerprint density at radius 2 is 2.00 bits per heavy atom. The van der Waals surface area contributed by atoms with Crippen LogP contribution < -0.4 is 0 Å². The summed E-state index contributed by atoms with van der Waals surface area (Å²) in [6.07, 6.45) is -3.23. The minimum absolute atomic E-state index is 0.0842. The normalized spacial score (nSPS) is 19.9. The molecule has 0 radical (unpaired) electrons. The molecule has 1 aliphatic rings. The zero-order valence-electron chi connectivity index (χ0n) is 8.47. The van der Waals surface area contributed by atoms with E-state index in [-0.39, 0.29) is 13.0 Å². The van der Waals surface area contributed by atoms with Crippen LogP contribution in [0.15, 0.2) is 0 Å². The molecule has 0 aromatic rings. The summed E-state index contributed by atoms with van der Waals surface area (Å²) in [5.74, 6) is 0. The highest BCUT2D eigenvalue weighted by atomic mass is 19.3. The summed E-state index contributed by atoms with van der Waals surface area (Å²) in [6.45, 7) is 5.03. The highest BCUT2D eigenvalue weighted by Gasteiger charge is 2.26. The first-order valence-corrected chi connectivity index (χ1v) is 4.96. The molecule has 1 aliphatic heterocycles. The summed E-state index contributed by atoms with van der Waals surface area (Å²) in [5.41, 5.74) is 0. The molecule has 0 aliphatic carbocycles. The summed E-state index contributed by atoms with van der Waals surface area (Å²) >= 11 is 0. The van der Waals surface area contributed by atoms with E-state index in [0.717, 1.165) is 13.1 Å². The maximum absolute atomic E-state index is 12.6. The van der Waals surface area contributed by atoms with Gasteiger partial charge >= 0.3 is 6.11 Å². The summed E-state index contributed by atoms with van der Waals surface area (Å²) < 4.78 is 34.9. The number of alkyl halides is 2. The third kappa shape index (κ3) is 4.30. The first-order valence-electron chi connectivity index (χ1n) is 4.96. The Balaban J connectivity index is 2.08. The largest absolute Gasteiger partial charge is 0.379 e. The van der Waals surface area contributed by atoms with Gasteiger partial charge in [-0.3, -0.25) is 4.90 Å². The quantitative estimate of drug-likeness (QED) is 0.682. The lowest BCUT2D eigenvalue weighted by Crippen LogP contribution is -2.39. The molecule has 0 atom stereocenters. The molecule has 0 aromatic carbocycles. The van der Waals surface area contributed by atoms with E-state index in [1.165, 1.54) is 6.92 Å². The fraction of sp³-hybridized carbons (Fsp3) is 1.00. The molecule has 1 rings (SSSR count). The van der Waals surface area contributed by atoms with Crippen LogP contribution in [0, 0.1) is 0 Å². The second kappa shape index (κ2) is 5.58. The Kier molecular flexibility index (Phi) is 4.71. The standard InChI is InChI=1S/C9H17F2NO2/c1-2-9(10,11)14-8-5-12-3-6-13-7-4-12/h2-8H2,1H3. The number of morpholine rings is 1. The molecule has 0 unspecified atom stereocenters. The summed E-state index contributed by atoms with van der Waals surface area (Å²) in [4.78, 5) is 2.06. The zero-order chi connectivity index (χ0) is 10.4. The van der Waals surface area contributed by atoms with Crippen molar-refractivity contribution in [3.63, 3.8) is 0 Å². The first kappa shape index (κ1) is 11.8. The Hall–Kier alpha value is -0.260. The number of nitrogens with zero attached hydrogens (tertiary/aromatic N) is 1. The Morgan fingerprint density at radius 3 is 2.57 bits per heavy atom. The number of halogens is 2. The van der Waals surface area contributed by atoms with E-state index in [9.17, 15) is 8.78 Å². The predicted molar refractivity (Wildman–Crippen MR) is 48.4 cm³/mol. The van der Waals surface area contributed by atoms with E-state index < -0.39 is 6.11 Å². The zero-order valence-corrected chi connectivity index (χ0v) is 8.47. The lowest BCUT2D eigenvalue weighted by atomic mass is 10.4. The van der Waals surface area contributed by atoms with E-state index in [0.29, 0.717) is 19.8 Å². The monoisotopic (exact) mass is 209 g/mol. The third-order valence-corrected chi connectivity index (χ3v) is 2.24. The molecule has 0 N–H and O–H groups in total. The number of hydrogen-bond donors (Lipinski definition) is 0. The molecular weight excluding hydrogens is 192 g/mol. The van der Waals surface area contributed by atoms with Crippen LogP contribution in [0.5, 0.6) is 0 Å². The van der Waals surface area contributed by atoms with Crippen LogP contribution in [0.3, 0.4) is 0 Å². The smallest absolute Gasteiger partial charge is 0.355 e. The van der Waals surface area contributed by atoms with E-state index in [1.54, 1.807) is 0 Å². The van der Waals surface area contributed by atoms with Crippen molar-refractivity contribution < 1.29 is 18.3 Å². The van der Waals surface area contributed by atoms with Crippen molar-refractivity contribution in [3.8, 4) is 0 Å². The molecule has 5 heteroatoms. The maximum atomic E-state index is 12.6. The molecule has 1 fully saturated rings. The van der Waals surface area contributed by atoms with Gasteiger partial charge in [0.05, 0.1) is 19.8 Å². The lowest BCUT2D eigenvalue weighted by molar-refractivity contribution is -0.241. The molecular formula is C9H17F2NO2. The fourth-order valence-electron chi connectivity index (χ4n) is 1.25. The van der Waals surface area contributed by atoms with Gasteiger partial charge in [-0.05, 0) is 0 Å². The van der Waals surface area contributed by atoms with Gasteiger partial charge in [-0.1, -0.05) is 6.92 Å². The van der Waals surface area contributed by atoms with Gasteiger partial charge in [0.2, 0.25) is 0 Å². The summed E-state index contributed by atoms with van der Waals surface area (Å²) in [6, 6.07) is 0. The van der Waals surface area contributed by atoms with Crippen molar-refractivity contribution in [2.24, 2.45) is 0 Å². The van der Waals surface area contributed by atoms with Crippen molar-refractivity contribution >= 4 is 0 Å². The molecule has 0 spiro atoms. The van der Waals surface area contributed by atoms with Gasteiger partial charge in [-0.2, -0.15) is 8.78 Å². The van der Waals surface area contributed by atoms with Crippen molar-refractivity contribution in [1.82, 2.24) is 4.90 Å². The minimum atomic E-state index is -2.97. The topological polar surface area (TPSA) is 21.7 Å². The van der Waals surface area contributed by atoms with Crippen LogP contribution in [0.25, 0.3) is 0 Å². The molecule has 0 saturated carbocycles. The van der Waals surface area contributed by atoms with Crippen LogP contribution in [0.2, 0.25) is 0 Å². The van der Waals surface area contributed by atoms with Crippen LogP contribution in [0.1, 0.15) is 13.3 Å². The molecule has 1 saturated heterocycles. The van der Waals surface area contributed by atoms with Crippen molar-refractivity contribution in [3.05, 3.63) is 0 Å². The Bertz CT molecular complexity index is 161. The second-order valence-corrected chi connectivity index (χ2v) is 3.29. The Labute approximate surface area is 83.0 Å². The molecule has 0 aromatic heterocycles. The van der Waals surface area contributed by atoms with Crippen molar-refractivity contribution in [1.29, 1.82) is 0 Å². The van der Waals surface area contributed by atoms with Gasteiger partial charge in [0.25, 0.3) is 0 Å². The molecule has 3 nitrogen and oxygen atoms in total. The predicted octanol–water partition coefficient (Wildman–Crippen LogP) is 1.34. The summed E-state index contributed by atoms with van der Waals surface area (Å²) in [5, 5.41) is 0. The van der Waals surface area contributed by atoms with Gasteiger partial charge in [0, 0.05) is 26.1 Å². The summed E-state index contributed by atoms with van der Waals surface area (Å²) in [7, 11) is 0. The Morgan fingerprint density at radius 1 is 1.36 bits per heavy atom. The maximum Gasteiger partial charge on any atom is 0.355 e. The highest BCUT2D eigenvalue weighted by molar-refractivity contribution is 4.61. The van der Waals surface area contributed by atoms with Gasteiger partial charge in [-0.25, -0.2) is 0 Å². The highest BCUT2D eigenvalue weighted by Crippen LogP contribution is 2.18. The SMILES string of the molecule is CCC(F)(F)OCCN1CCOCC1. The average Bonchev–Trinajstić information content (AvgIpc) is 2.19. The number of ether oxygens (including phenoxy) is 2. The van der Waals surface area contributed by atoms with E-state index >= 15 is 0 Å². The van der Waals surface area contributed by atoms with E-state index in [2.05, 4.69) is 9.64 Å². The van der Waals surface area contributed by atoms with Crippen LogP contribution in [0.4, 0.5) is 8.78 Å². The molecule has 14 heavy (non-hydrogen) atoms. The van der Waals surface area contributed by atoms with Crippen LogP contribution >= 0.6 is 0 Å². The number of hydrogen-bond acceptors (Lipinski definition) is 3. The molecule has 0 amide bonds. The third-order valence-electron chi connectivity index (χ3n) is 2.24. The second-order valence-electron chi connectivity index (χ2n) is 3.29. The van der Waals surface area contributed by atoms with Crippen molar-refractivity contribution in [2.45, 2.75) is 19.5 Å². The molecule has 1 heterocycles. The van der Waals surface area contributed by atoms with Crippen LogP contribution in [-0.2, 0) is 9.47 Å². The van der Waals surface area contributed by atoms with E-state index in [1.807, 2.05) is 0 Å². The molecule has 84 valence electrons. The average molecular weight is 209 g/mol.